The minimum Gasteiger partial charge on any atom is -0.508 e. The van der Waals surface area contributed by atoms with Crippen molar-refractivity contribution in [3.63, 3.8) is 0 Å². The largest absolute Gasteiger partial charge is 0.508 e. The lowest BCUT2D eigenvalue weighted by Gasteiger charge is -2.09. The lowest BCUT2D eigenvalue weighted by Crippen LogP contribution is -2.33. The topological polar surface area (TPSA) is 78.4 Å². The minimum absolute atomic E-state index is 0.0305. The van der Waals surface area contributed by atoms with Crippen molar-refractivity contribution in [1.82, 2.24) is 5.32 Å². The Balaban J connectivity index is 1.96. The van der Waals surface area contributed by atoms with E-state index in [9.17, 15) is 19.1 Å². The summed E-state index contributed by atoms with van der Waals surface area (Å²) < 4.78 is 13.6. The van der Waals surface area contributed by atoms with Gasteiger partial charge in [-0.2, -0.15) is 0 Å². The predicted octanol–water partition coefficient (Wildman–Crippen LogP) is 2.86. The summed E-state index contributed by atoms with van der Waals surface area (Å²) in [5, 5.41) is 14.2. The van der Waals surface area contributed by atoms with Crippen LogP contribution in [-0.2, 0) is 4.79 Å². The van der Waals surface area contributed by atoms with Gasteiger partial charge in [0.05, 0.1) is 17.1 Å². The molecule has 3 N–H and O–H groups in total. The zero-order valence-electron chi connectivity index (χ0n) is 12.2. The fraction of sp³-hybridized carbons (Fsp3) is 0.125. The van der Waals surface area contributed by atoms with Crippen LogP contribution in [0, 0.1) is 12.7 Å². The molecule has 2 aromatic carbocycles. The number of phenols is 1. The highest BCUT2D eigenvalue weighted by molar-refractivity contribution is 6.33. The fourth-order valence-electron chi connectivity index (χ4n) is 1.90. The summed E-state index contributed by atoms with van der Waals surface area (Å²) in [5.41, 5.74) is 0.774. The summed E-state index contributed by atoms with van der Waals surface area (Å²) in [6.45, 7) is 1.34. The van der Waals surface area contributed by atoms with E-state index in [2.05, 4.69) is 10.6 Å². The van der Waals surface area contributed by atoms with Crippen LogP contribution >= 0.6 is 11.6 Å². The van der Waals surface area contributed by atoms with Gasteiger partial charge in [0.15, 0.2) is 0 Å². The number of anilines is 1. The summed E-state index contributed by atoms with van der Waals surface area (Å²) in [6, 6.07) is 8.44. The highest BCUT2D eigenvalue weighted by Gasteiger charge is 2.16. The molecule has 23 heavy (non-hydrogen) atoms. The number of benzene rings is 2. The number of hydrogen-bond acceptors (Lipinski definition) is 3. The Morgan fingerprint density at radius 1 is 1.26 bits per heavy atom. The Hall–Kier alpha value is -2.60. The molecule has 0 heterocycles. The maximum atomic E-state index is 13.6. The van der Waals surface area contributed by atoms with Crippen LogP contribution < -0.4 is 10.6 Å². The van der Waals surface area contributed by atoms with Crippen LogP contribution in [-0.4, -0.2) is 23.5 Å². The van der Waals surface area contributed by atoms with E-state index in [-0.39, 0.29) is 22.9 Å². The van der Waals surface area contributed by atoms with E-state index >= 15 is 0 Å². The zero-order chi connectivity index (χ0) is 17.0. The fourth-order valence-corrected chi connectivity index (χ4v) is 2.15. The Labute approximate surface area is 137 Å². The van der Waals surface area contributed by atoms with Gasteiger partial charge in [-0.3, -0.25) is 9.59 Å². The second kappa shape index (κ2) is 7.11. The lowest BCUT2D eigenvalue weighted by molar-refractivity contribution is -0.115. The van der Waals surface area contributed by atoms with Crippen LogP contribution in [0.15, 0.2) is 36.4 Å². The first-order valence-corrected chi connectivity index (χ1v) is 7.08. The van der Waals surface area contributed by atoms with Crippen molar-refractivity contribution in [1.29, 1.82) is 0 Å². The van der Waals surface area contributed by atoms with Crippen LogP contribution in [0.5, 0.6) is 5.75 Å². The molecular weight excluding hydrogens is 323 g/mol. The summed E-state index contributed by atoms with van der Waals surface area (Å²) >= 11 is 5.78. The molecule has 0 radical (unpaired) electrons. The molecule has 0 saturated heterocycles. The highest BCUT2D eigenvalue weighted by Crippen LogP contribution is 2.20. The average molecular weight is 337 g/mol. The van der Waals surface area contributed by atoms with Crippen LogP contribution in [0.3, 0.4) is 0 Å². The minimum atomic E-state index is -0.773. The number of rotatable bonds is 4. The average Bonchev–Trinajstić information content (AvgIpc) is 2.49. The van der Waals surface area contributed by atoms with Crippen molar-refractivity contribution < 1.29 is 19.1 Å². The third kappa shape index (κ3) is 4.20. The van der Waals surface area contributed by atoms with Crippen molar-refractivity contribution in [2.75, 3.05) is 11.9 Å². The van der Waals surface area contributed by atoms with Gasteiger partial charge in [0.2, 0.25) is 5.91 Å². The van der Waals surface area contributed by atoms with Gasteiger partial charge in [-0.05, 0) is 42.8 Å². The summed E-state index contributed by atoms with van der Waals surface area (Å²) in [6.07, 6.45) is 0. The lowest BCUT2D eigenvalue weighted by atomic mass is 10.2. The predicted molar refractivity (Wildman–Crippen MR) is 85.2 cm³/mol. The first-order valence-electron chi connectivity index (χ1n) is 6.70. The molecule has 0 bridgehead atoms. The van der Waals surface area contributed by atoms with Gasteiger partial charge < -0.3 is 15.7 Å². The maximum absolute atomic E-state index is 13.6. The number of nitrogens with one attached hydrogen (secondary N) is 2. The van der Waals surface area contributed by atoms with Gasteiger partial charge in [-0.25, -0.2) is 4.39 Å². The molecule has 0 aliphatic carbocycles. The van der Waals surface area contributed by atoms with E-state index in [0.29, 0.717) is 11.3 Å². The third-order valence-corrected chi connectivity index (χ3v) is 3.39. The summed E-state index contributed by atoms with van der Waals surface area (Å²) in [5.74, 6) is -1.91. The molecule has 5 nitrogen and oxygen atoms in total. The number of halogens is 2. The van der Waals surface area contributed by atoms with Crippen LogP contribution in [0.1, 0.15) is 15.9 Å². The molecule has 0 spiro atoms. The van der Waals surface area contributed by atoms with Crippen molar-refractivity contribution >= 4 is 29.1 Å². The van der Waals surface area contributed by atoms with Gasteiger partial charge >= 0.3 is 0 Å². The van der Waals surface area contributed by atoms with Crippen LogP contribution in [0.4, 0.5) is 10.1 Å². The van der Waals surface area contributed by atoms with Gasteiger partial charge in [0, 0.05) is 5.69 Å². The Morgan fingerprint density at radius 2 is 2.00 bits per heavy atom. The zero-order valence-corrected chi connectivity index (χ0v) is 12.9. The van der Waals surface area contributed by atoms with Gasteiger partial charge in [0.25, 0.3) is 5.91 Å². The van der Waals surface area contributed by atoms with E-state index in [1.165, 1.54) is 24.3 Å². The molecule has 2 amide bonds. The number of carbonyl (C=O) groups excluding carboxylic acids is 2. The third-order valence-electron chi connectivity index (χ3n) is 3.08. The molecule has 0 fully saturated rings. The number of phenolic OH excluding ortho intramolecular Hbond substituents is 1. The first-order chi connectivity index (χ1) is 10.9. The molecule has 0 aromatic heterocycles. The quantitative estimate of drug-likeness (QED) is 0.751. The first kappa shape index (κ1) is 16.8. The molecule has 2 aromatic rings. The monoisotopic (exact) mass is 336 g/mol. The molecule has 0 saturated carbocycles. The van der Waals surface area contributed by atoms with E-state index in [0.717, 1.165) is 6.07 Å². The standard InChI is InChI=1S/C16H14ClFN2O3/c1-9-7-10(5-6-13(9)21)20-14(22)8-19-16(23)15-11(17)3-2-4-12(15)18/h2-7,21H,8H2,1H3,(H,19,23)(H,20,22). The van der Waals surface area contributed by atoms with E-state index in [4.69, 9.17) is 11.6 Å². The highest BCUT2D eigenvalue weighted by atomic mass is 35.5. The second-order valence-corrected chi connectivity index (χ2v) is 5.24. The molecule has 7 heteroatoms. The Bertz CT molecular complexity index is 745. The summed E-state index contributed by atoms with van der Waals surface area (Å²) in [7, 11) is 0. The molecule has 0 aliphatic rings. The van der Waals surface area contributed by atoms with Crippen molar-refractivity contribution in [2.45, 2.75) is 6.92 Å². The number of amides is 2. The van der Waals surface area contributed by atoms with Crippen molar-refractivity contribution in [3.05, 3.63) is 58.4 Å². The number of aromatic hydroxyl groups is 1. The molecule has 0 aliphatic heterocycles. The molecule has 120 valence electrons. The van der Waals surface area contributed by atoms with Crippen molar-refractivity contribution in [3.8, 4) is 5.75 Å². The Morgan fingerprint density at radius 3 is 2.65 bits per heavy atom. The Kier molecular flexibility index (Phi) is 5.18. The van der Waals surface area contributed by atoms with E-state index in [1.54, 1.807) is 13.0 Å². The smallest absolute Gasteiger partial charge is 0.256 e. The SMILES string of the molecule is Cc1cc(NC(=O)CNC(=O)c2c(F)cccc2Cl)ccc1O. The molecule has 0 atom stereocenters. The summed E-state index contributed by atoms with van der Waals surface area (Å²) in [4.78, 5) is 23.7. The number of carbonyl (C=O) groups is 2. The van der Waals surface area contributed by atoms with Crippen LogP contribution in [0.25, 0.3) is 0 Å². The normalized spacial score (nSPS) is 10.2. The van der Waals surface area contributed by atoms with Gasteiger partial charge in [-0.1, -0.05) is 17.7 Å². The molecular formula is C16H14ClFN2O3. The molecule has 2 rings (SSSR count). The number of aryl methyl sites for hydroxylation is 1. The molecule has 0 unspecified atom stereocenters. The van der Waals surface area contributed by atoms with Crippen LogP contribution in [0.2, 0.25) is 5.02 Å². The van der Waals surface area contributed by atoms with E-state index < -0.39 is 17.6 Å². The van der Waals surface area contributed by atoms with Crippen molar-refractivity contribution in [2.24, 2.45) is 0 Å². The maximum Gasteiger partial charge on any atom is 0.256 e. The van der Waals surface area contributed by atoms with Gasteiger partial charge in [-0.15, -0.1) is 0 Å². The second-order valence-electron chi connectivity index (χ2n) is 4.83. The van der Waals surface area contributed by atoms with E-state index in [1.807, 2.05) is 0 Å². The van der Waals surface area contributed by atoms with Gasteiger partial charge in [0.1, 0.15) is 11.6 Å². The number of hydrogen-bond donors (Lipinski definition) is 3.